The zero-order chi connectivity index (χ0) is 42.2. The highest BCUT2D eigenvalue weighted by Crippen LogP contribution is 2.67. The first-order valence-electron chi connectivity index (χ1n) is 23.7. The van der Waals surface area contributed by atoms with E-state index in [1.54, 1.807) is 12.1 Å². The van der Waals surface area contributed by atoms with E-state index in [1.165, 1.54) is 25.7 Å². The van der Waals surface area contributed by atoms with Gasteiger partial charge in [0, 0.05) is 55.6 Å². The minimum atomic E-state index is -1.09. The van der Waals surface area contributed by atoms with Gasteiger partial charge >= 0.3 is 12.1 Å². The average molecular weight is 851 g/mol. The van der Waals surface area contributed by atoms with Crippen molar-refractivity contribution in [2.45, 2.75) is 162 Å². The van der Waals surface area contributed by atoms with Crippen molar-refractivity contribution in [1.29, 1.82) is 0 Å². The molecule has 8 atom stereocenters. The molecular weight excluding hydrogens is 793 g/mol. The highest BCUT2D eigenvalue weighted by molar-refractivity contribution is 5.91. The number of rotatable bonds is 14. The lowest BCUT2D eigenvalue weighted by Gasteiger charge is -2.62. The van der Waals surface area contributed by atoms with Gasteiger partial charge in [0.15, 0.2) is 46.8 Å². The number of carbonyl (C=O) groups is 4. The van der Waals surface area contributed by atoms with Crippen molar-refractivity contribution in [3.8, 4) is 23.0 Å². The Morgan fingerprint density at radius 2 is 1.16 bits per heavy atom. The molecule has 10 aliphatic rings. The van der Waals surface area contributed by atoms with E-state index in [4.69, 9.17) is 23.7 Å². The van der Waals surface area contributed by atoms with Gasteiger partial charge in [-0.15, -0.1) is 0 Å². The van der Waals surface area contributed by atoms with Crippen LogP contribution in [0.4, 0.5) is 4.79 Å². The monoisotopic (exact) mass is 850 g/mol. The molecule has 2 spiro atoms. The van der Waals surface area contributed by atoms with Gasteiger partial charge in [0.2, 0.25) is 0 Å². The number of ketones is 2. The van der Waals surface area contributed by atoms with E-state index in [1.807, 2.05) is 12.1 Å². The normalized spacial score (nSPS) is 35.7. The number of Topliss-reactive ketones (excluding diaryl/α,β-unsaturated/α-hetero) is 2. The van der Waals surface area contributed by atoms with E-state index in [2.05, 4.69) is 9.80 Å². The van der Waals surface area contributed by atoms with Gasteiger partial charge < -0.3 is 33.9 Å². The standard InChI is InChI=1S/C49H58N2O11/c52-32-15-17-48(56)36-24-30-11-13-34(41-39(30)46(48,43(32)61-41)19-21-50(36)26-28-7-8-28)59-38(54)6-4-2-1-3-5-23-58-45(55)60-35-14-12-31-25-37-49(57)18-16-33(53)44-47(49,40(31)42(35)62-44)20-22-51(37)27-29-9-10-29/h11-14,28-29,36-37,43-44,56-57H,1-10,15-27H2/t36-,37-,43+,44+,46+,47+,48-,49-/m1/s1. The summed E-state index contributed by atoms with van der Waals surface area (Å²) in [5.41, 5.74) is 0.0671. The van der Waals surface area contributed by atoms with Crippen LogP contribution in [0.1, 0.15) is 125 Å². The first-order valence-corrected chi connectivity index (χ1v) is 23.7. The zero-order valence-electron chi connectivity index (χ0n) is 35.5. The summed E-state index contributed by atoms with van der Waals surface area (Å²) < 4.78 is 30.0. The van der Waals surface area contributed by atoms with Gasteiger partial charge in [0.05, 0.1) is 28.6 Å². The van der Waals surface area contributed by atoms with Crippen molar-refractivity contribution >= 4 is 23.7 Å². The Bertz CT molecular complexity index is 2100. The molecule has 0 aromatic heterocycles. The van der Waals surface area contributed by atoms with Crippen molar-refractivity contribution < 1.29 is 53.1 Å². The molecular formula is C49H58N2O11. The van der Waals surface area contributed by atoms with Crippen LogP contribution in [0.2, 0.25) is 0 Å². The Morgan fingerprint density at radius 3 is 1.69 bits per heavy atom. The molecule has 2 aromatic carbocycles. The molecule has 2 saturated heterocycles. The summed E-state index contributed by atoms with van der Waals surface area (Å²) in [5.74, 6) is 2.45. The molecule has 2 N–H and O–H groups in total. The van der Waals surface area contributed by atoms with Gasteiger partial charge in [0.1, 0.15) is 0 Å². The summed E-state index contributed by atoms with van der Waals surface area (Å²) in [4.78, 5) is 57.8. The number of likely N-dealkylation sites (tertiary alicyclic amines) is 2. The molecule has 62 heavy (non-hydrogen) atoms. The van der Waals surface area contributed by atoms with Crippen LogP contribution in [-0.4, -0.2) is 112 Å². The molecule has 4 aliphatic heterocycles. The number of esters is 1. The Labute approximate surface area is 361 Å². The van der Waals surface area contributed by atoms with E-state index in [9.17, 15) is 29.4 Å². The van der Waals surface area contributed by atoms with Crippen LogP contribution >= 0.6 is 0 Å². The number of unbranched alkanes of at least 4 members (excludes halogenated alkanes) is 4. The SMILES string of the molecule is O=C(CCCCCCCOC(=O)Oc1ccc2c3c1O[C@H]1C(=O)CC[C@@]4(O)[C@@H](C2)N(CC2CC2)CC[C@]314)Oc1ccc2c3c1O[C@H]1C(=O)CC[C@@]4(O)[C@@H](C2)N(CC2CC2)CC[C@]314. The van der Waals surface area contributed by atoms with Crippen molar-refractivity contribution in [3.63, 3.8) is 0 Å². The molecule has 0 radical (unpaired) electrons. The van der Waals surface area contributed by atoms with E-state index < -0.39 is 40.4 Å². The Hall–Kier alpha value is -4.04. The maximum absolute atomic E-state index is 13.4. The molecule has 0 unspecified atom stereocenters. The van der Waals surface area contributed by atoms with Gasteiger partial charge in [-0.25, -0.2) is 4.79 Å². The Balaban J connectivity index is 0.626. The number of hydrogen-bond donors (Lipinski definition) is 2. The lowest BCUT2D eigenvalue weighted by atomic mass is 9.49. The van der Waals surface area contributed by atoms with Crippen molar-refractivity contribution in [1.82, 2.24) is 9.80 Å². The molecule has 4 saturated carbocycles. The molecule has 13 nitrogen and oxygen atoms in total. The maximum atomic E-state index is 13.4. The van der Waals surface area contributed by atoms with Crippen molar-refractivity contribution in [2.24, 2.45) is 11.8 Å². The second-order valence-electron chi connectivity index (χ2n) is 20.6. The fraction of sp³-hybridized carbons (Fsp3) is 0.673. The maximum Gasteiger partial charge on any atom is 0.513 e. The predicted molar refractivity (Wildman–Crippen MR) is 222 cm³/mol. The van der Waals surface area contributed by atoms with Crippen LogP contribution in [-0.2, 0) is 42.8 Å². The first-order chi connectivity index (χ1) is 30.0. The topological polar surface area (TPSA) is 161 Å². The van der Waals surface area contributed by atoms with E-state index in [-0.39, 0.29) is 61.2 Å². The van der Waals surface area contributed by atoms with Gasteiger partial charge in [-0.2, -0.15) is 0 Å². The third-order valence-corrected chi connectivity index (χ3v) is 17.2. The average Bonchev–Trinajstić information content (AvgIpc) is 4.18. The molecule has 13 heteroatoms. The summed E-state index contributed by atoms with van der Waals surface area (Å²) in [6, 6.07) is 7.38. The molecule has 4 bridgehead atoms. The summed E-state index contributed by atoms with van der Waals surface area (Å²) >= 11 is 0. The third-order valence-electron chi connectivity index (χ3n) is 17.2. The molecule has 4 heterocycles. The predicted octanol–water partition coefficient (Wildman–Crippen LogP) is 5.41. The molecule has 330 valence electrons. The number of nitrogens with zero attached hydrogens (tertiary/aromatic N) is 2. The van der Waals surface area contributed by atoms with Crippen LogP contribution in [0, 0.1) is 11.8 Å². The Kier molecular flexibility index (Phi) is 9.08. The smallest absolute Gasteiger partial charge is 0.477 e. The van der Waals surface area contributed by atoms with E-state index in [0.29, 0.717) is 80.5 Å². The number of piperidine rings is 2. The van der Waals surface area contributed by atoms with Gasteiger partial charge in [0.25, 0.3) is 0 Å². The van der Waals surface area contributed by atoms with Crippen molar-refractivity contribution in [3.05, 3.63) is 46.5 Å². The molecule has 6 fully saturated rings. The first kappa shape index (κ1) is 39.5. The van der Waals surface area contributed by atoms with Crippen LogP contribution in [0.15, 0.2) is 24.3 Å². The van der Waals surface area contributed by atoms with Crippen molar-refractivity contribution in [2.75, 3.05) is 32.8 Å². The Morgan fingerprint density at radius 1 is 0.661 bits per heavy atom. The highest BCUT2D eigenvalue weighted by Gasteiger charge is 2.75. The lowest BCUT2D eigenvalue weighted by molar-refractivity contribution is -0.188. The second-order valence-corrected chi connectivity index (χ2v) is 20.6. The lowest BCUT2D eigenvalue weighted by Crippen LogP contribution is -2.76. The molecule has 0 amide bonds. The molecule has 12 rings (SSSR count). The molecule has 6 aliphatic carbocycles. The molecule has 2 aromatic rings. The van der Waals surface area contributed by atoms with E-state index in [0.717, 1.165) is 67.7 Å². The fourth-order valence-corrected chi connectivity index (χ4v) is 14.0. The van der Waals surface area contributed by atoms with Crippen LogP contribution in [0.3, 0.4) is 0 Å². The largest absolute Gasteiger partial charge is 0.513 e. The number of aliphatic hydroxyl groups is 2. The highest BCUT2D eigenvalue weighted by atomic mass is 16.7. The van der Waals surface area contributed by atoms with Crippen LogP contribution in [0.5, 0.6) is 23.0 Å². The third kappa shape index (κ3) is 5.65. The summed E-state index contributed by atoms with van der Waals surface area (Å²) in [6.45, 7) is 3.77. The van der Waals surface area contributed by atoms with Crippen LogP contribution < -0.4 is 18.9 Å². The van der Waals surface area contributed by atoms with Crippen LogP contribution in [0.25, 0.3) is 0 Å². The van der Waals surface area contributed by atoms with Gasteiger partial charge in [-0.05, 0) is 125 Å². The summed E-state index contributed by atoms with van der Waals surface area (Å²) in [6.07, 6.45) is 10.5. The number of ether oxygens (including phenoxy) is 5. The summed E-state index contributed by atoms with van der Waals surface area (Å²) in [7, 11) is 0. The second kappa shape index (κ2) is 14.2. The minimum Gasteiger partial charge on any atom is -0.477 e. The number of benzene rings is 2. The van der Waals surface area contributed by atoms with Gasteiger partial charge in [-0.3, -0.25) is 24.2 Å². The van der Waals surface area contributed by atoms with E-state index >= 15 is 0 Å². The zero-order valence-corrected chi connectivity index (χ0v) is 35.5. The number of carbonyl (C=O) groups excluding carboxylic acids is 4. The van der Waals surface area contributed by atoms with Gasteiger partial charge in [-0.1, -0.05) is 31.4 Å². The quantitative estimate of drug-likeness (QED) is 0.108. The minimum absolute atomic E-state index is 0.00587. The summed E-state index contributed by atoms with van der Waals surface area (Å²) in [5, 5.41) is 25.0. The number of hydrogen-bond acceptors (Lipinski definition) is 13. The fourth-order valence-electron chi connectivity index (χ4n) is 14.0.